The first-order chi connectivity index (χ1) is 20.0. The number of nitro benzene ring substituents is 1. The van der Waals surface area contributed by atoms with Gasteiger partial charge in [-0.3, -0.25) is 15.1 Å². The van der Waals surface area contributed by atoms with Gasteiger partial charge in [-0.1, -0.05) is 6.07 Å². The van der Waals surface area contributed by atoms with E-state index in [9.17, 15) is 10.1 Å². The third-order valence-corrected chi connectivity index (χ3v) is 7.10. The van der Waals surface area contributed by atoms with Crippen molar-refractivity contribution in [3.8, 4) is 28.6 Å². The Labute approximate surface area is 241 Å². The number of thiocarbonyl (C=S) groups is 1. The summed E-state index contributed by atoms with van der Waals surface area (Å²) in [5.74, 6) is 3.38. The smallest absolute Gasteiger partial charge is 0.269 e. The van der Waals surface area contributed by atoms with Crippen molar-refractivity contribution in [2.24, 2.45) is 0 Å². The zero-order valence-corrected chi connectivity index (χ0v) is 22.7. The summed E-state index contributed by atoms with van der Waals surface area (Å²) in [6.45, 7) is 0. The molecule has 3 heterocycles. The standard InChI is InChI=1S/C31H24N4O5S/c1-38-23-13-15-25(16-14-23)39-24-11-9-21(10-12-24)34-30(29(33-31(34)41)26-4-2-3-19-32-26)28-18-17-27(40-28)20-5-7-22(8-6-20)35(36)37/h2-19,29-30H,1H3,(H,33,41)/t29-,30-/m0/s1. The second kappa shape index (κ2) is 11.1. The minimum atomic E-state index is -0.425. The van der Waals surface area contributed by atoms with Crippen molar-refractivity contribution in [2.45, 2.75) is 12.1 Å². The number of hydrogen-bond acceptors (Lipinski definition) is 7. The van der Waals surface area contributed by atoms with E-state index in [2.05, 4.69) is 10.3 Å². The van der Waals surface area contributed by atoms with Gasteiger partial charge in [0.2, 0.25) is 0 Å². The number of pyridine rings is 1. The van der Waals surface area contributed by atoms with E-state index in [0.29, 0.717) is 28.1 Å². The number of ether oxygens (including phenoxy) is 2. The molecule has 0 unspecified atom stereocenters. The fourth-order valence-electron chi connectivity index (χ4n) is 4.79. The number of nitro groups is 1. The minimum Gasteiger partial charge on any atom is -0.497 e. The van der Waals surface area contributed by atoms with Crippen LogP contribution in [0.3, 0.4) is 0 Å². The number of aromatic nitrogens is 1. The van der Waals surface area contributed by atoms with E-state index in [1.165, 1.54) is 12.1 Å². The van der Waals surface area contributed by atoms with Crippen LogP contribution in [0.25, 0.3) is 11.3 Å². The van der Waals surface area contributed by atoms with Gasteiger partial charge < -0.3 is 24.1 Å². The van der Waals surface area contributed by atoms with Crippen LogP contribution < -0.4 is 19.7 Å². The van der Waals surface area contributed by atoms with Crippen molar-refractivity contribution in [3.05, 3.63) is 131 Å². The van der Waals surface area contributed by atoms with Crippen LogP contribution in [0.15, 0.2) is 114 Å². The van der Waals surface area contributed by atoms with Crippen LogP contribution in [0, 0.1) is 10.1 Å². The summed E-state index contributed by atoms with van der Waals surface area (Å²) in [4.78, 5) is 17.2. The van der Waals surface area contributed by atoms with E-state index in [-0.39, 0.29) is 17.8 Å². The molecular formula is C31H24N4O5S. The lowest BCUT2D eigenvalue weighted by Crippen LogP contribution is -2.29. The van der Waals surface area contributed by atoms with Crippen LogP contribution in [0.2, 0.25) is 0 Å². The van der Waals surface area contributed by atoms with E-state index < -0.39 is 4.92 Å². The van der Waals surface area contributed by atoms with E-state index in [4.69, 9.17) is 26.1 Å². The molecule has 2 aromatic heterocycles. The summed E-state index contributed by atoms with van der Waals surface area (Å²) in [7, 11) is 1.62. The van der Waals surface area contributed by atoms with Crippen LogP contribution in [0.4, 0.5) is 11.4 Å². The molecular weight excluding hydrogens is 540 g/mol. The normalized spacial score (nSPS) is 16.3. The molecule has 1 aliphatic rings. The third-order valence-electron chi connectivity index (χ3n) is 6.79. The molecule has 0 saturated carbocycles. The molecule has 1 fully saturated rings. The highest BCUT2D eigenvalue weighted by Crippen LogP contribution is 2.43. The maximum Gasteiger partial charge on any atom is 0.269 e. The molecule has 0 bridgehead atoms. The molecule has 204 valence electrons. The average molecular weight is 565 g/mol. The SMILES string of the molecule is COc1ccc(Oc2ccc(N3C(=S)N[C@@H](c4ccccn4)[C@@H]3c3ccc(-c4ccc([N+](=O)[O-])cc4)o3)cc2)cc1. The molecule has 9 nitrogen and oxygen atoms in total. The van der Waals surface area contributed by atoms with Crippen molar-refractivity contribution in [3.63, 3.8) is 0 Å². The first kappa shape index (κ1) is 26.0. The Morgan fingerprint density at radius 3 is 2.22 bits per heavy atom. The maximum absolute atomic E-state index is 11.1. The number of benzene rings is 3. The monoisotopic (exact) mass is 564 g/mol. The summed E-state index contributed by atoms with van der Waals surface area (Å²) in [5, 5.41) is 15.0. The van der Waals surface area contributed by atoms with Crippen molar-refractivity contribution in [2.75, 3.05) is 12.0 Å². The van der Waals surface area contributed by atoms with Gasteiger partial charge in [0.15, 0.2) is 5.11 Å². The van der Waals surface area contributed by atoms with Gasteiger partial charge in [0.1, 0.15) is 34.8 Å². The first-order valence-corrected chi connectivity index (χ1v) is 13.2. The maximum atomic E-state index is 11.1. The van der Waals surface area contributed by atoms with Crippen molar-refractivity contribution in [1.29, 1.82) is 0 Å². The number of anilines is 1. The van der Waals surface area contributed by atoms with Crippen LogP contribution in [-0.2, 0) is 0 Å². The van der Waals surface area contributed by atoms with Gasteiger partial charge in [-0.25, -0.2) is 0 Å². The fraction of sp³-hybridized carbons (Fsp3) is 0.0968. The van der Waals surface area contributed by atoms with Gasteiger partial charge in [-0.2, -0.15) is 0 Å². The summed E-state index contributed by atoms with van der Waals surface area (Å²) in [6, 6.07) is 30.2. The van der Waals surface area contributed by atoms with Crippen molar-refractivity contribution >= 4 is 28.7 Å². The molecule has 1 aliphatic heterocycles. The highest BCUT2D eigenvalue weighted by Gasteiger charge is 2.42. The van der Waals surface area contributed by atoms with Gasteiger partial charge >= 0.3 is 0 Å². The molecule has 0 spiro atoms. The molecule has 2 atom stereocenters. The van der Waals surface area contributed by atoms with Gasteiger partial charge in [-0.15, -0.1) is 0 Å². The molecule has 1 N–H and O–H groups in total. The number of methoxy groups -OCH3 is 1. The molecule has 0 radical (unpaired) electrons. The van der Waals surface area contributed by atoms with Crippen LogP contribution in [-0.4, -0.2) is 22.1 Å². The number of furan rings is 1. The summed E-state index contributed by atoms with van der Waals surface area (Å²) >= 11 is 5.82. The van der Waals surface area contributed by atoms with Crippen molar-refractivity contribution < 1.29 is 18.8 Å². The molecule has 41 heavy (non-hydrogen) atoms. The van der Waals surface area contributed by atoms with Crippen LogP contribution >= 0.6 is 12.2 Å². The largest absolute Gasteiger partial charge is 0.497 e. The molecule has 10 heteroatoms. The Morgan fingerprint density at radius 2 is 1.59 bits per heavy atom. The lowest BCUT2D eigenvalue weighted by molar-refractivity contribution is -0.384. The second-order valence-electron chi connectivity index (χ2n) is 9.27. The van der Waals surface area contributed by atoms with Gasteiger partial charge in [-0.05, 0) is 97.1 Å². The van der Waals surface area contributed by atoms with E-state index in [0.717, 1.165) is 22.7 Å². The van der Waals surface area contributed by atoms with Gasteiger partial charge in [0.05, 0.1) is 23.8 Å². The molecule has 3 aromatic carbocycles. The number of rotatable bonds is 8. The number of nitrogens with one attached hydrogen (secondary N) is 1. The predicted molar refractivity (Wildman–Crippen MR) is 158 cm³/mol. The molecule has 5 aromatic rings. The Hall–Kier alpha value is -5.22. The van der Waals surface area contributed by atoms with Gasteiger partial charge in [0, 0.05) is 29.6 Å². The summed E-state index contributed by atoms with van der Waals surface area (Å²) < 4.78 is 17.6. The Morgan fingerprint density at radius 1 is 0.902 bits per heavy atom. The first-order valence-electron chi connectivity index (χ1n) is 12.8. The van der Waals surface area contributed by atoms with Gasteiger partial charge in [0.25, 0.3) is 5.69 Å². The highest BCUT2D eigenvalue weighted by molar-refractivity contribution is 7.80. The summed E-state index contributed by atoms with van der Waals surface area (Å²) in [6.07, 6.45) is 1.75. The zero-order chi connectivity index (χ0) is 28.3. The Kier molecular flexibility index (Phi) is 7.05. The van der Waals surface area contributed by atoms with E-state index in [1.807, 2.05) is 83.8 Å². The number of non-ortho nitro benzene ring substituents is 1. The van der Waals surface area contributed by atoms with E-state index >= 15 is 0 Å². The Balaban J connectivity index is 1.32. The van der Waals surface area contributed by atoms with Crippen molar-refractivity contribution in [1.82, 2.24) is 10.3 Å². The Bertz CT molecular complexity index is 1670. The lowest BCUT2D eigenvalue weighted by Gasteiger charge is -2.26. The number of hydrogen-bond donors (Lipinski definition) is 1. The third kappa shape index (κ3) is 5.32. The topological polar surface area (TPSA) is 103 Å². The quantitative estimate of drug-likeness (QED) is 0.119. The molecule has 0 aliphatic carbocycles. The molecule has 1 saturated heterocycles. The zero-order valence-electron chi connectivity index (χ0n) is 21.8. The molecule has 6 rings (SSSR count). The summed E-state index contributed by atoms with van der Waals surface area (Å²) in [5.41, 5.74) is 2.42. The highest BCUT2D eigenvalue weighted by atomic mass is 32.1. The number of nitrogens with zero attached hydrogens (tertiary/aromatic N) is 3. The predicted octanol–water partition coefficient (Wildman–Crippen LogP) is 7.23. The van der Waals surface area contributed by atoms with Crippen LogP contribution in [0.5, 0.6) is 17.2 Å². The molecule has 0 amide bonds. The van der Waals surface area contributed by atoms with Crippen LogP contribution in [0.1, 0.15) is 23.5 Å². The average Bonchev–Trinajstić information content (AvgIpc) is 3.63. The second-order valence-corrected chi connectivity index (χ2v) is 9.66. The van der Waals surface area contributed by atoms with E-state index in [1.54, 1.807) is 25.4 Å². The minimum absolute atomic E-state index is 0.0201. The lowest BCUT2D eigenvalue weighted by atomic mass is 10.0. The fourth-order valence-corrected chi connectivity index (χ4v) is 5.14.